The van der Waals surface area contributed by atoms with E-state index in [-0.39, 0.29) is 11.8 Å². The van der Waals surface area contributed by atoms with Gasteiger partial charge in [-0.3, -0.25) is 4.79 Å². The molecular formula is C16H24N2O2. The van der Waals surface area contributed by atoms with E-state index in [4.69, 9.17) is 4.74 Å². The van der Waals surface area contributed by atoms with Crippen LogP contribution in [0.4, 0.5) is 0 Å². The van der Waals surface area contributed by atoms with Crippen LogP contribution >= 0.6 is 0 Å². The number of para-hydroxylation sites is 1. The number of hydrogen-bond acceptors (Lipinski definition) is 3. The molecule has 1 heterocycles. The Morgan fingerprint density at radius 1 is 1.45 bits per heavy atom. The SMILES string of the molecule is CCOc1ccccc1CN(C)C(=O)[C@@H]1CCCNC1. The summed E-state index contributed by atoms with van der Waals surface area (Å²) in [5, 5.41) is 3.29. The first-order valence-corrected chi connectivity index (χ1v) is 7.38. The number of piperidine rings is 1. The highest BCUT2D eigenvalue weighted by atomic mass is 16.5. The van der Waals surface area contributed by atoms with Gasteiger partial charge in [-0.05, 0) is 32.4 Å². The van der Waals surface area contributed by atoms with Crippen molar-refractivity contribution in [3.8, 4) is 5.75 Å². The lowest BCUT2D eigenvalue weighted by Crippen LogP contribution is -2.41. The van der Waals surface area contributed by atoms with Crippen molar-refractivity contribution in [3.05, 3.63) is 29.8 Å². The molecule has 1 saturated heterocycles. The van der Waals surface area contributed by atoms with Crippen LogP contribution in [0.1, 0.15) is 25.3 Å². The maximum atomic E-state index is 12.4. The monoisotopic (exact) mass is 276 g/mol. The fraction of sp³-hybridized carbons (Fsp3) is 0.562. The first-order valence-electron chi connectivity index (χ1n) is 7.38. The summed E-state index contributed by atoms with van der Waals surface area (Å²) in [5.74, 6) is 1.22. The fourth-order valence-corrected chi connectivity index (χ4v) is 2.64. The number of nitrogens with zero attached hydrogens (tertiary/aromatic N) is 1. The summed E-state index contributed by atoms with van der Waals surface area (Å²) in [6.45, 7) is 5.04. The highest BCUT2D eigenvalue weighted by Gasteiger charge is 2.24. The predicted octanol–water partition coefficient (Wildman–Crippen LogP) is 2.04. The van der Waals surface area contributed by atoms with Crippen LogP contribution in [0.15, 0.2) is 24.3 Å². The highest BCUT2D eigenvalue weighted by molar-refractivity contribution is 5.79. The van der Waals surface area contributed by atoms with Gasteiger partial charge in [0.1, 0.15) is 5.75 Å². The van der Waals surface area contributed by atoms with Crippen LogP contribution in [-0.4, -0.2) is 37.6 Å². The maximum absolute atomic E-state index is 12.4. The molecule has 1 aliphatic rings. The second-order valence-electron chi connectivity index (χ2n) is 5.28. The summed E-state index contributed by atoms with van der Waals surface area (Å²) in [4.78, 5) is 14.2. The van der Waals surface area contributed by atoms with Gasteiger partial charge in [-0.2, -0.15) is 0 Å². The van der Waals surface area contributed by atoms with E-state index in [1.54, 1.807) is 0 Å². The molecule has 1 aliphatic heterocycles. The van der Waals surface area contributed by atoms with Gasteiger partial charge in [0.15, 0.2) is 0 Å². The van der Waals surface area contributed by atoms with Gasteiger partial charge in [0, 0.05) is 25.7 Å². The molecule has 4 heteroatoms. The summed E-state index contributed by atoms with van der Waals surface area (Å²) < 4.78 is 5.61. The van der Waals surface area contributed by atoms with E-state index in [0.29, 0.717) is 13.2 Å². The van der Waals surface area contributed by atoms with Crippen LogP contribution in [0.25, 0.3) is 0 Å². The third kappa shape index (κ3) is 3.73. The molecule has 0 bridgehead atoms. The number of carbonyl (C=O) groups is 1. The Labute approximate surface area is 121 Å². The fourth-order valence-electron chi connectivity index (χ4n) is 2.64. The average molecular weight is 276 g/mol. The van der Waals surface area contributed by atoms with Crippen LogP contribution in [0, 0.1) is 5.92 Å². The largest absolute Gasteiger partial charge is 0.494 e. The van der Waals surface area contributed by atoms with Gasteiger partial charge < -0.3 is 15.0 Å². The first-order chi connectivity index (χ1) is 9.72. The van der Waals surface area contributed by atoms with Crippen LogP contribution in [-0.2, 0) is 11.3 Å². The predicted molar refractivity (Wildman–Crippen MR) is 79.7 cm³/mol. The summed E-state index contributed by atoms with van der Waals surface area (Å²) in [5.41, 5.74) is 1.06. The van der Waals surface area contributed by atoms with Gasteiger partial charge in [-0.25, -0.2) is 0 Å². The maximum Gasteiger partial charge on any atom is 0.227 e. The molecule has 0 aromatic heterocycles. The van der Waals surface area contributed by atoms with Gasteiger partial charge in [0.2, 0.25) is 5.91 Å². The van der Waals surface area contributed by atoms with E-state index in [9.17, 15) is 4.79 Å². The van der Waals surface area contributed by atoms with Crippen molar-refractivity contribution in [1.29, 1.82) is 0 Å². The van der Waals surface area contributed by atoms with Gasteiger partial charge in [0.25, 0.3) is 0 Å². The zero-order valence-electron chi connectivity index (χ0n) is 12.4. The second kappa shape index (κ2) is 7.29. The Kier molecular flexibility index (Phi) is 5.41. The Hall–Kier alpha value is -1.55. The van der Waals surface area contributed by atoms with E-state index in [1.165, 1.54) is 0 Å². The molecule has 110 valence electrons. The van der Waals surface area contributed by atoms with Crippen molar-refractivity contribution >= 4 is 5.91 Å². The van der Waals surface area contributed by atoms with E-state index in [0.717, 1.165) is 37.2 Å². The molecule has 0 radical (unpaired) electrons. The number of benzene rings is 1. The van der Waals surface area contributed by atoms with Crippen molar-refractivity contribution < 1.29 is 9.53 Å². The molecule has 20 heavy (non-hydrogen) atoms. The molecule has 1 N–H and O–H groups in total. The molecule has 1 fully saturated rings. The topological polar surface area (TPSA) is 41.6 Å². The standard InChI is InChI=1S/C16H24N2O2/c1-3-20-15-9-5-4-7-14(15)12-18(2)16(19)13-8-6-10-17-11-13/h4-5,7,9,13,17H,3,6,8,10-12H2,1-2H3/t13-/m1/s1. The molecule has 1 aromatic carbocycles. The minimum Gasteiger partial charge on any atom is -0.494 e. The lowest BCUT2D eigenvalue weighted by Gasteiger charge is -2.27. The molecule has 1 atom stereocenters. The third-order valence-electron chi connectivity index (χ3n) is 3.70. The van der Waals surface area contributed by atoms with Crippen LogP contribution in [0.2, 0.25) is 0 Å². The van der Waals surface area contributed by atoms with E-state index in [1.807, 2.05) is 43.1 Å². The minimum absolute atomic E-state index is 0.119. The van der Waals surface area contributed by atoms with Crippen LogP contribution in [0.5, 0.6) is 5.75 Å². The number of rotatable bonds is 5. The van der Waals surface area contributed by atoms with Crippen molar-refractivity contribution in [3.63, 3.8) is 0 Å². The number of amides is 1. The van der Waals surface area contributed by atoms with Crippen LogP contribution < -0.4 is 10.1 Å². The number of hydrogen-bond donors (Lipinski definition) is 1. The number of ether oxygens (including phenoxy) is 1. The second-order valence-corrected chi connectivity index (χ2v) is 5.28. The molecule has 0 unspecified atom stereocenters. The van der Waals surface area contributed by atoms with Crippen molar-refractivity contribution in [2.75, 3.05) is 26.7 Å². The summed E-state index contributed by atoms with van der Waals surface area (Å²) >= 11 is 0. The van der Waals surface area contributed by atoms with Crippen molar-refractivity contribution in [2.24, 2.45) is 5.92 Å². The highest BCUT2D eigenvalue weighted by Crippen LogP contribution is 2.21. The van der Waals surface area contributed by atoms with Gasteiger partial charge in [0.05, 0.1) is 12.5 Å². The Balaban J connectivity index is 1.99. The third-order valence-corrected chi connectivity index (χ3v) is 3.70. The number of carbonyl (C=O) groups excluding carboxylic acids is 1. The van der Waals surface area contributed by atoms with Gasteiger partial charge >= 0.3 is 0 Å². The number of nitrogens with one attached hydrogen (secondary N) is 1. The molecule has 0 saturated carbocycles. The molecule has 1 amide bonds. The first kappa shape index (κ1) is 14.9. The smallest absolute Gasteiger partial charge is 0.227 e. The van der Waals surface area contributed by atoms with Crippen molar-refractivity contribution in [2.45, 2.75) is 26.3 Å². The average Bonchev–Trinajstić information content (AvgIpc) is 2.49. The minimum atomic E-state index is 0.119. The molecule has 4 nitrogen and oxygen atoms in total. The molecule has 0 spiro atoms. The molecule has 2 rings (SSSR count). The summed E-state index contributed by atoms with van der Waals surface area (Å²) in [6.07, 6.45) is 2.07. The summed E-state index contributed by atoms with van der Waals surface area (Å²) in [6, 6.07) is 7.92. The Bertz CT molecular complexity index is 442. The van der Waals surface area contributed by atoms with Gasteiger partial charge in [-0.1, -0.05) is 18.2 Å². The summed E-state index contributed by atoms with van der Waals surface area (Å²) in [7, 11) is 1.87. The van der Waals surface area contributed by atoms with Crippen molar-refractivity contribution in [1.82, 2.24) is 10.2 Å². The lowest BCUT2D eigenvalue weighted by molar-refractivity contribution is -0.135. The normalized spacial score (nSPS) is 18.6. The lowest BCUT2D eigenvalue weighted by atomic mass is 9.98. The van der Waals surface area contributed by atoms with E-state index in [2.05, 4.69) is 5.32 Å². The zero-order valence-corrected chi connectivity index (χ0v) is 12.4. The Morgan fingerprint density at radius 3 is 2.95 bits per heavy atom. The molecule has 1 aromatic rings. The zero-order chi connectivity index (χ0) is 14.4. The quantitative estimate of drug-likeness (QED) is 0.895. The van der Waals surface area contributed by atoms with Gasteiger partial charge in [-0.15, -0.1) is 0 Å². The molecule has 0 aliphatic carbocycles. The molecular weight excluding hydrogens is 252 g/mol. The van der Waals surface area contributed by atoms with E-state index >= 15 is 0 Å². The van der Waals surface area contributed by atoms with E-state index < -0.39 is 0 Å². The Morgan fingerprint density at radius 2 is 2.25 bits per heavy atom. The van der Waals surface area contributed by atoms with Crippen LogP contribution in [0.3, 0.4) is 0 Å².